The standard InChI is InChI=1S/C7H8N2O2.C6H6N2O2/c1-11-7(10)5-3-2-4-6(8)9-5;7-5-3-1-2-4(8-5)6(9)10/h2-4H,1H3,(H2,8,9);1-3H,(H2,7,8)(H,9,10). The highest BCUT2D eigenvalue weighted by Gasteiger charge is 2.05. The summed E-state index contributed by atoms with van der Waals surface area (Å²) in [6, 6.07) is 9.26. The predicted octanol–water partition coefficient (Wildman–Crippen LogP) is 0.812. The van der Waals surface area contributed by atoms with E-state index in [0.717, 1.165) is 0 Å². The zero-order chi connectivity index (χ0) is 15.8. The highest BCUT2D eigenvalue weighted by molar-refractivity contribution is 5.87. The Morgan fingerprint density at radius 2 is 1.48 bits per heavy atom. The van der Waals surface area contributed by atoms with E-state index >= 15 is 0 Å². The minimum atomic E-state index is -1.06. The molecule has 2 aromatic rings. The van der Waals surface area contributed by atoms with Crippen molar-refractivity contribution in [2.45, 2.75) is 0 Å². The van der Waals surface area contributed by atoms with Crippen molar-refractivity contribution in [1.82, 2.24) is 9.97 Å². The van der Waals surface area contributed by atoms with Gasteiger partial charge in [-0.25, -0.2) is 19.6 Å². The topological polar surface area (TPSA) is 141 Å². The molecule has 110 valence electrons. The number of nitrogens with two attached hydrogens (primary N) is 2. The minimum absolute atomic E-state index is 0.0278. The van der Waals surface area contributed by atoms with Crippen LogP contribution in [0.3, 0.4) is 0 Å². The van der Waals surface area contributed by atoms with Gasteiger partial charge >= 0.3 is 11.9 Å². The Kier molecular flexibility index (Phi) is 5.63. The number of rotatable bonds is 2. The molecule has 8 heteroatoms. The number of carboxylic acids is 1. The molecule has 5 N–H and O–H groups in total. The molecule has 0 spiro atoms. The predicted molar refractivity (Wildman–Crippen MR) is 75.6 cm³/mol. The fourth-order valence-corrected chi connectivity index (χ4v) is 1.24. The molecule has 2 heterocycles. The summed E-state index contributed by atoms with van der Waals surface area (Å²) in [4.78, 5) is 28.4. The summed E-state index contributed by atoms with van der Waals surface area (Å²) in [7, 11) is 1.30. The van der Waals surface area contributed by atoms with E-state index in [0.29, 0.717) is 5.82 Å². The molecular weight excluding hydrogens is 276 g/mol. The highest BCUT2D eigenvalue weighted by atomic mass is 16.5. The molecule has 21 heavy (non-hydrogen) atoms. The summed E-state index contributed by atoms with van der Waals surface area (Å²) < 4.78 is 4.43. The fraction of sp³-hybridized carbons (Fsp3) is 0.0769. The molecule has 0 radical (unpaired) electrons. The molecule has 0 aliphatic heterocycles. The van der Waals surface area contributed by atoms with Crippen molar-refractivity contribution >= 4 is 23.6 Å². The van der Waals surface area contributed by atoms with E-state index in [1.165, 1.54) is 19.2 Å². The van der Waals surface area contributed by atoms with E-state index in [1.54, 1.807) is 24.3 Å². The first kappa shape index (κ1) is 15.9. The second-order valence-corrected chi connectivity index (χ2v) is 3.69. The van der Waals surface area contributed by atoms with Gasteiger partial charge in [0.1, 0.15) is 11.6 Å². The molecule has 0 bridgehead atoms. The average molecular weight is 290 g/mol. The van der Waals surface area contributed by atoms with E-state index in [2.05, 4.69) is 14.7 Å². The van der Waals surface area contributed by atoms with Gasteiger partial charge in [-0.1, -0.05) is 12.1 Å². The highest BCUT2D eigenvalue weighted by Crippen LogP contribution is 2.01. The van der Waals surface area contributed by atoms with E-state index in [9.17, 15) is 9.59 Å². The van der Waals surface area contributed by atoms with Crippen molar-refractivity contribution in [3.63, 3.8) is 0 Å². The van der Waals surface area contributed by atoms with E-state index in [4.69, 9.17) is 16.6 Å². The van der Waals surface area contributed by atoms with Gasteiger partial charge in [-0.2, -0.15) is 0 Å². The van der Waals surface area contributed by atoms with Crippen LogP contribution in [0.2, 0.25) is 0 Å². The monoisotopic (exact) mass is 290 g/mol. The van der Waals surface area contributed by atoms with Gasteiger partial charge in [-0.15, -0.1) is 0 Å². The van der Waals surface area contributed by atoms with Crippen molar-refractivity contribution < 1.29 is 19.4 Å². The Hall–Kier alpha value is -3.16. The number of ether oxygens (including phenoxy) is 1. The molecule has 0 aliphatic carbocycles. The number of aromatic nitrogens is 2. The van der Waals surface area contributed by atoms with Crippen LogP contribution < -0.4 is 11.5 Å². The SMILES string of the molecule is COC(=O)c1cccc(N)n1.Nc1cccc(C(=O)O)n1. The summed E-state index contributed by atoms with van der Waals surface area (Å²) in [5.41, 5.74) is 10.8. The average Bonchev–Trinajstić information content (AvgIpc) is 2.47. The van der Waals surface area contributed by atoms with E-state index in [-0.39, 0.29) is 17.2 Å². The number of esters is 1. The summed E-state index contributed by atoms with van der Waals surface area (Å²) in [5, 5.41) is 8.39. The number of hydrogen-bond donors (Lipinski definition) is 3. The first-order valence-corrected chi connectivity index (χ1v) is 5.70. The number of nitrogen functional groups attached to an aromatic ring is 2. The lowest BCUT2D eigenvalue weighted by atomic mass is 10.3. The molecular formula is C13H14N4O4. The first-order chi connectivity index (χ1) is 9.93. The van der Waals surface area contributed by atoms with E-state index in [1.807, 2.05) is 0 Å². The van der Waals surface area contributed by atoms with Crippen molar-refractivity contribution in [1.29, 1.82) is 0 Å². The molecule has 0 saturated carbocycles. The number of anilines is 2. The zero-order valence-corrected chi connectivity index (χ0v) is 11.2. The molecule has 2 rings (SSSR count). The lowest BCUT2D eigenvalue weighted by Gasteiger charge is -1.97. The summed E-state index contributed by atoms with van der Waals surface area (Å²) in [6.07, 6.45) is 0. The van der Waals surface area contributed by atoms with Crippen LogP contribution >= 0.6 is 0 Å². The maximum absolute atomic E-state index is 10.8. The zero-order valence-electron chi connectivity index (χ0n) is 11.2. The quantitative estimate of drug-likeness (QED) is 0.690. The molecule has 0 amide bonds. The number of hydrogen-bond acceptors (Lipinski definition) is 7. The van der Waals surface area contributed by atoms with Crippen LogP contribution in [-0.2, 0) is 4.74 Å². The first-order valence-electron chi connectivity index (χ1n) is 5.70. The van der Waals surface area contributed by atoms with Gasteiger partial charge in [0.2, 0.25) is 0 Å². The van der Waals surface area contributed by atoms with Crippen LogP contribution in [0.5, 0.6) is 0 Å². The molecule has 0 fully saturated rings. The van der Waals surface area contributed by atoms with Gasteiger partial charge in [0, 0.05) is 0 Å². The van der Waals surface area contributed by atoms with Crippen molar-refractivity contribution in [3.05, 3.63) is 47.8 Å². The van der Waals surface area contributed by atoms with Crippen LogP contribution in [-0.4, -0.2) is 34.1 Å². The summed E-state index contributed by atoms with van der Waals surface area (Å²) in [6.45, 7) is 0. The van der Waals surface area contributed by atoms with Crippen molar-refractivity contribution in [3.8, 4) is 0 Å². The van der Waals surface area contributed by atoms with Crippen LogP contribution in [0.4, 0.5) is 11.6 Å². The Labute approximate surface area is 120 Å². The third-order valence-corrected chi connectivity index (χ3v) is 2.15. The van der Waals surface area contributed by atoms with Gasteiger partial charge in [-0.3, -0.25) is 0 Å². The number of carbonyl (C=O) groups is 2. The molecule has 2 aromatic heterocycles. The van der Waals surface area contributed by atoms with Gasteiger partial charge in [0.25, 0.3) is 0 Å². The van der Waals surface area contributed by atoms with Gasteiger partial charge in [0.05, 0.1) is 7.11 Å². The van der Waals surface area contributed by atoms with Crippen molar-refractivity contribution in [2.75, 3.05) is 18.6 Å². The number of nitrogens with zero attached hydrogens (tertiary/aromatic N) is 2. The van der Waals surface area contributed by atoms with Gasteiger partial charge < -0.3 is 21.3 Å². The summed E-state index contributed by atoms with van der Waals surface area (Å²) in [5.74, 6) is -1.00. The number of pyridine rings is 2. The molecule has 0 unspecified atom stereocenters. The lowest BCUT2D eigenvalue weighted by molar-refractivity contribution is 0.0593. The fourth-order valence-electron chi connectivity index (χ4n) is 1.24. The van der Waals surface area contributed by atoms with Crippen LogP contribution in [0.15, 0.2) is 36.4 Å². The third kappa shape index (κ3) is 5.15. The van der Waals surface area contributed by atoms with Gasteiger partial charge in [-0.05, 0) is 24.3 Å². The second-order valence-electron chi connectivity index (χ2n) is 3.69. The normalized spacial score (nSPS) is 9.19. The van der Waals surface area contributed by atoms with Crippen LogP contribution in [0.1, 0.15) is 21.0 Å². The molecule has 0 aromatic carbocycles. The molecule has 8 nitrogen and oxygen atoms in total. The third-order valence-electron chi connectivity index (χ3n) is 2.15. The number of carbonyl (C=O) groups excluding carboxylic acids is 1. The summed E-state index contributed by atoms with van der Waals surface area (Å²) >= 11 is 0. The minimum Gasteiger partial charge on any atom is -0.477 e. The number of aromatic carboxylic acids is 1. The Morgan fingerprint density at radius 1 is 1.00 bits per heavy atom. The second kappa shape index (κ2) is 7.43. The van der Waals surface area contributed by atoms with Gasteiger partial charge in [0.15, 0.2) is 11.4 Å². The lowest BCUT2D eigenvalue weighted by Crippen LogP contribution is -2.05. The largest absolute Gasteiger partial charge is 0.477 e. The Bertz CT molecular complexity index is 646. The Balaban J connectivity index is 0.000000211. The maximum atomic E-state index is 10.8. The number of carboxylic acid groups (broad SMARTS) is 1. The Morgan fingerprint density at radius 3 is 1.86 bits per heavy atom. The smallest absolute Gasteiger partial charge is 0.356 e. The van der Waals surface area contributed by atoms with E-state index < -0.39 is 11.9 Å². The number of methoxy groups -OCH3 is 1. The molecule has 0 atom stereocenters. The van der Waals surface area contributed by atoms with Crippen LogP contribution in [0, 0.1) is 0 Å². The molecule has 0 aliphatic rings. The van der Waals surface area contributed by atoms with Crippen LogP contribution in [0.25, 0.3) is 0 Å². The molecule has 0 saturated heterocycles. The maximum Gasteiger partial charge on any atom is 0.356 e. The van der Waals surface area contributed by atoms with Crippen molar-refractivity contribution in [2.24, 2.45) is 0 Å².